The lowest BCUT2D eigenvalue weighted by molar-refractivity contribution is 0.0833. The smallest absolute Gasteiger partial charge is 0.169 e. The molecule has 0 radical (unpaired) electrons. The summed E-state index contributed by atoms with van der Waals surface area (Å²) in [6, 6.07) is 8.34. The molecule has 1 unspecified atom stereocenters. The number of carbonyl (C=O) groups excluding carboxylic acids is 1. The maximum atomic E-state index is 13.1. The molecule has 3 heteroatoms. The van der Waals surface area contributed by atoms with Crippen molar-refractivity contribution in [2.45, 2.75) is 32.6 Å². The van der Waals surface area contributed by atoms with E-state index in [4.69, 9.17) is 0 Å². The van der Waals surface area contributed by atoms with Crippen molar-refractivity contribution in [2.24, 2.45) is 18.9 Å². The van der Waals surface area contributed by atoms with Gasteiger partial charge in [-0.25, -0.2) is 0 Å². The molecule has 0 bridgehead atoms. The summed E-state index contributed by atoms with van der Waals surface area (Å²) in [7, 11) is 2.10. The highest BCUT2D eigenvalue weighted by molar-refractivity contribution is 6.11. The molecular formula is C20H26N2O. The molecule has 2 heterocycles. The lowest BCUT2D eigenvalue weighted by Gasteiger charge is -2.33. The third kappa shape index (κ3) is 2.51. The minimum atomic E-state index is 0.182. The summed E-state index contributed by atoms with van der Waals surface area (Å²) >= 11 is 0. The van der Waals surface area contributed by atoms with Gasteiger partial charge in [0, 0.05) is 41.7 Å². The first-order valence-electron chi connectivity index (χ1n) is 8.98. The largest absolute Gasteiger partial charge is 0.347 e. The normalized spacial score (nSPS) is 23.4. The molecule has 2 aliphatic rings. The number of hydrogen-bond acceptors (Lipinski definition) is 2. The van der Waals surface area contributed by atoms with E-state index in [2.05, 4.69) is 41.6 Å². The van der Waals surface area contributed by atoms with Crippen LogP contribution < -0.4 is 0 Å². The fraction of sp³-hybridized carbons (Fsp3) is 0.550. The maximum absolute atomic E-state index is 13.1. The Kier molecular flexibility index (Phi) is 3.76. The van der Waals surface area contributed by atoms with E-state index < -0.39 is 0 Å². The molecule has 2 aromatic rings. The molecule has 0 N–H and O–H groups in total. The Hall–Kier alpha value is -1.61. The number of fused-ring (bicyclic) bond motifs is 3. The van der Waals surface area contributed by atoms with Crippen molar-refractivity contribution >= 4 is 16.7 Å². The number of aryl methyl sites for hydroxylation is 1. The van der Waals surface area contributed by atoms with Crippen molar-refractivity contribution in [2.75, 3.05) is 19.6 Å². The highest BCUT2D eigenvalue weighted by atomic mass is 16.1. The molecule has 3 nitrogen and oxygen atoms in total. The lowest BCUT2D eigenvalue weighted by Crippen LogP contribution is -2.40. The predicted molar refractivity (Wildman–Crippen MR) is 93.9 cm³/mol. The quantitative estimate of drug-likeness (QED) is 0.846. The lowest BCUT2D eigenvalue weighted by atomic mass is 9.84. The van der Waals surface area contributed by atoms with Crippen LogP contribution in [-0.2, 0) is 13.5 Å². The fourth-order valence-electron chi connectivity index (χ4n) is 4.39. The van der Waals surface area contributed by atoms with E-state index >= 15 is 0 Å². The Bertz CT molecular complexity index is 737. The number of hydrogen-bond donors (Lipinski definition) is 0. The zero-order valence-electron chi connectivity index (χ0n) is 14.2. The molecule has 0 amide bonds. The topological polar surface area (TPSA) is 25.2 Å². The first-order chi connectivity index (χ1) is 11.1. The molecular weight excluding hydrogens is 284 g/mol. The summed E-state index contributed by atoms with van der Waals surface area (Å²) in [6.07, 6.45) is 4.59. The molecule has 122 valence electrons. The van der Waals surface area contributed by atoms with E-state index in [1.54, 1.807) is 0 Å². The van der Waals surface area contributed by atoms with E-state index in [-0.39, 0.29) is 5.92 Å². The molecule has 1 aliphatic heterocycles. The Morgan fingerprint density at radius 3 is 2.65 bits per heavy atom. The maximum Gasteiger partial charge on any atom is 0.169 e. The number of nitrogens with zero attached hydrogens (tertiary/aromatic N) is 2. The minimum absolute atomic E-state index is 0.182. The van der Waals surface area contributed by atoms with Gasteiger partial charge in [0.15, 0.2) is 5.78 Å². The second kappa shape index (κ2) is 5.79. The fourth-order valence-corrected chi connectivity index (χ4v) is 4.39. The number of benzene rings is 1. The van der Waals surface area contributed by atoms with Crippen LogP contribution in [0.5, 0.6) is 0 Å². The summed E-state index contributed by atoms with van der Waals surface area (Å²) in [6.45, 7) is 5.61. The van der Waals surface area contributed by atoms with Crippen molar-refractivity contribution < 1.29 is 4.79 Å². The second-order valence-electron chi connectivity index (χ2n) is 7.48. The van der Waals surface area contributed by atoms with E-state index in [1.165, 1.54) is 24.1 Å². The highest BCUT2D eigenvalue weighted by Crippen LogP contribution is 2.34. The molecule has 23 heavy (non-hydrogen) atoms. The van der Waals surface area contributed by atoms with E-state index in [0.717, 1.165) is 49.3 Å². The zero-order chi connectivity index (χ0) is 16.0. The second-order valence-corrected chi connectivity index (χ2v) is 7.48. The molecule has 1 fully saturated rings. The van der Waals surface area contributed by atoms with Crippen LogP contribution in [0.25, 0.3) is 10.9 Å². The van der Waals surface area contributed by atoms with Crippen molar-refractivity contribution in [3.63, 3.8) is 0 Å². The van der Waals surface area contributed by atoms with Crippen molar-refractivity contribution in [3.05, 3.63) is 35.5 Å². The van der Waals surface area contributed by atoms with Crippen molar-refractivity contribution in [1.82, 2.24) is 9.47 Å². The molecule has 1 atom stereocenters. The van der Waals surface area contributed by atoms with Crippen LogP contribution in [0, 0.1) is 11.8 Å². The first-order valence-corrected chi connectivity index (χ1v) is 8.98. The van der Waals surface area contributed by atoms with Crippen LogP contribution >= 0.6 is 0 Å². The molecule has 0 saturated carbocycles. The van der Waals surface area contributed by atoms with Crippen LogP contribution in [0.3, 0.4) is 0 Å². The van der Waals surface area contributed by atoms with Gasteiger partial charge in [-0.05, 0) is 50.8 Å². The van der Waals surface area contributed by atoms with Gasteiger partial charge in [-0.2, -0.15) is 0 Å². The van der Waals surface area contributed by atoms with Gasteiger partial charge in [0.05, 0.1) is 0 Å². The van der Waals surface area contributed by atoms with Gasteiger partial charge in [0.2, 0.25) is 0 Å². The van der Waals surface area contributed by atoms with Gasteiger partial charge in [-0.1, -0.05) is 25.1 Å². The van der Waals surface area contributed by atoms with Gasteiger partial charge in [0.1, 0.15) is 0 Å². The number of aromatic nitrogens is 1. The predicted octanol–water partition coefficient (Wildman–Crippen LogP) is 3.66. The monoisotopic (exact) mass is 310 g/mol. The summed E-state index contributed by atoms with van der Waals surface area (Å²) < 4.78 is 2.22. The number of rotatable bonds is 2. The van der Waals surface area contributed by atoms with E-state index in [1.807, 2.05) is 6.07 Å². The Morgan fingerprint density at radius 2 is 1.87 bits per heavy atom. The molecule has 0 spiro atoms. The highest BCUT2D eigenvalue weighted by Gasteiger charge is 2.33. The SMILES string of the molecule is CC1CCN(CC2CCc3c(c4ccccc4n3C)C2=O)CC1. The van der Waals surface area contributed by atoms with E-state index in [0.29, 0.717) is 5.78 Å². The van der Waals surface area contributed by atoms with Crippen LogP contribution in [0.15, 0.2) is 24.3 Å². The minimum Gasteiger partial charge on any atom is -0.347 e. The van der Waals surface area contributed by atoms with Gasteiger partial charge in [0.25, 0.3) is 0 Å². The van der Waals surface area contributed by atoms with Crippen LogP contribution in [0.4, 0.5) is 0 Å². The number of carbonyl (C=O) groups is 1. The van der Waals surface area contributed by atoms with Gasteiger partial charge >= 0.3 is 0 Å². The zero-order valence-corrected chi connectivity index (χ0v) is 14.2. The standard InChI is InChI=1S/C20H26N2O/c1-14-9-11-22(12-10-14)13-15-7-8-18-19(20(15)23)16-5-3-4-6-17(16)21(18)2/h3-6,14-15H,7-13H2,1-2H3. The summed E-state index contributed by atoms with van der Waals surface area (Å²) in [5.41, 5.74) is 3.43. The molecule has 4 rings (SSSR count). The van der Waals surface area contributed by atoms with Crippen LogP contribution in [-0.4, -0.2) is 34.9 Å². The van der Waals surface area contributed by atoms with E-state index in [9.17, 15) is 4.79 Å². The van der Waals surface area contributed by atoms with Gasteiger partial charge in [-0.3, -0.25) is 4.79 Å². The first kappa shape index (κ1) is 14.9. The third-order valence-electron chi connectivity index (χ3n) is 5.93. The Morgan fingerprint density at radius 1 is 1.13 bits per heavy atom. The Balaban J connectivity index is 1.61. The number of likely N-dealkylation sites (tertiary alicyclic amines) is 1. The van der Waals surface area contributed by atoms with Crippen molar-refractivity contribution in [1.29, 1.82) is 0 Å². The van der Waals surface area contributed by atoms with Crippen molar-refractivity contribution in [3.8, 4) is 0 Å². The molecule has 1 aromatic carbocycles. The molecule has 1 aromatic heterocycles. The number of Topliss-reactive ketones (excluding diaryl/α,β-unsaturated/α-hetero) is 1. The molecule has 1 saturated heterocycles. The summed E-state index contributed by atoms with van der Waals surface area (Å²) in [5, 5.41) is 1.15. The number of ketones is 1. The third-order valence-corrected chi connectivity index (χ3v) is 5.93. The molecule has 1 aliphatic carbocycles. The average molecular weight is 310 g/mol. The van der Waals surface area contributed by atoms with Crippen LogP contribution in [0.1, 0.15) is 42.2 Å². The number of para-hydroxylation sites is 1. The summed E-state index contributed by atoms with van der Waals surface area (Å²) in [4.78, 5) is 15.7. The van der Waals surface area contributed by atoms with Crippen LogP contribution in [0.2, 0.25) is 0 Å². The average Bonchev–Trinajstić information content (AvgIpc) is 2.86. The summed E-state index contributed by atoms with van der Waals surface area (Å²) in [5.74, 6) is 1.40. The van der Waals surface area contributed by atoms with Gasteiger partial charge < -0.3 is 9.47 Å². The Labute approximate surface area is 138 Å². The number of piperidine rings is 1. The van der Waals surface area contributed by atoms with Gasteiger partial charge in [-0.15, -0.1) is 0 Å².